The van der Waals surface area contributed by atoms with Gasteiger partial charge in [0, 0.05) is 38.3 Å². The third-order valence-electron chi connectivity index (χ3n) is 7.95. The summed E-state index contributed by atoms with van der Waals surface area (Å²) in [5.74, 6) is 1.27. The van der Waals surface area contributed by atoms with Crippen LogP contribution in [0, 0.1) is 11.3 Å². The first kappa shape index (κ1) is 24.3. The summed E-state index contributed by atoms with van der Waals surface area (Å²) in [6.07, 6.45) is 6.05. The monoisotopic (exact) mass is 509 g/mol. The molecule has 1 aliphatic carbocycles. The molecule has 0 bridgehead atoms. The highest BCUT2D eigenvalue weighted by molar-refractivity contribution is 6.04. The molecular weight excluding hydrogens is 478 g/mol. The van der Waals surface area contributed by atoms with Crippen LogP contribution in [-0.2, 0) is 29.5 Å². The van der Waals surface area contributed by atoms with Gasteiger partial charge in [0.1, 0.15) is 5.69 Å². The number of carbonyl (C=O) groups excluding carboxylic acids is 1. The number of anilines is 2. The summed E-state index contributed by atoms with van der Waals surface area (Å²) in [5.41, 5.74) is 3.91. The number of piperazine rings is 1. The van der Waals surface area contributed by atoms with Crippen LogP contribution in [0.15, 0.2) is 42.6 Å². The maximum absolute atomic E-state index is 13.9. The van der Waals surface area contributed by atoms with Crippen LogP contribution in [0.3, 0.4) is 0 Å². The number of aryl methyl sites for hydroxylation is 2. The van der Waals surface area contributed by atoms with E-state index in [0.29, 0.717) is 43.2 Å². The normalized spacial score (nSPS) is 22.3. The smallest absolute Gasteiger partial charge is 0.324 e. The molecule has 2 atom stereocenters. The number of benzene rings is 1. The second kappa shape index (κ2) is 10.0. The molecule has 3 aromatic rings. The number of aromatic nitrogens is 3. The van der Waals surface area contributed by atoms with Crippen molar-refractivity contribution in [2.45, 2.75) is 56.9 Å². The molecule has 1 fully saturated rings. The van der Waals surface area contributed by atoms with Crippen molar-refractivity contribution in [2.75, 3.05) is 29.9 Å². The number of nitriles is 1. The van der Waals surface area contributed by atoms with Gasteiger partial charge in [0.25, 0.3) is 0 Å². The Morgan fingerprint density at radius 2 is 2.13 bits per heavy atom. The zero-order valence-electron chi connectivity index (χ0n) is 21.5. The molecule has 1 unspecified atom stereocenters. The second-order valence-electron chi connectivity index (χ2n) is 10.2. The van der Waals surface area contributed by atoms with Crippen molar-refractivity contribution >= 4 is 17.4 Å². The number of rotatable bonds is 5. The number of carbonyl (C=O) groups is 1. The summed E-state index contributed by atoms with van der Waals surface area (Å²) >= 11 is 0. The first-order valence-corrected chi connectivity index (χ1v) is 13.4. The lowest BCUT2D eigenvalue weighted by Gasteiger charge is -2.42. The highest BCUT2D eigenvalue weighted by Crippen LogP contribution is 2.46. The number of amides is 1. The molecule has 1 amide bonds. The summed E-state index contributed by atoms with van der Waals surface area (Å²) in [5, 5.41) is 15.9. The van der Waals surface area contributed by atoms with Gasteiger partial charge in [-0.15, -0.1) is 0 Å². The topological polar surface area (TPSA) is 116 Å². The van der Waals surface area contributed by atoms with Gasteiger partial charge in [0.2, 0.25) is 5.91 Å². The van der Waals surface area contributed by atoms with Gasteiger partial charge in [-0.3, -0.25) is 9.78 Å². The van der Waals surface area contributed by atoms with E-state index in [2.05, 4.69) is 38.7 Å². The van der Waals surface area contributed by atoms with Crippen molar-refractivity contribution < 1.29 is 9.53 Å². The lowest BCUT2D eigenvalue weighted by atomic mass is 9.65. The predicted octanol–water partition coefficient (Wildman–Crippen LogP) is 3.69. The van der Waals surface area contributed by atoms with Crippen LogP contribution < -0.4 is 20.3 Å². The fraction of sp³-hybridized carbons (Fsp3) is 0.414. The lowest BCUT2D eigenvalue weighted by molar-refractivity contribution is -0.122. The molecule has 4 heterocycles. The quantitative estimate of drug-likeness (QED) is 0.535. The summed E-state index contributed by atoms with van der Waals surface area (Å²) < 4.78 is 6.25. The van der Waals surface area contributed by atoms with E-state index < -0.39 is 5.41 Å². The number of nitrogens with one attached hydrogen (secondary N) is 2. The molecule has 1 aromatic carbocycles. The molecule has 6 rings (SSSR count). The Morgan fingerprint density at radius 1 is 1.24 bits per heavy atom. The van der Waals surface area contributed by atoms with Crippen LogP contribution in [0.1, 0.15) is 48.7 Å². The predicted molar refractivity (Wildman–Crippen MR) is 143 cm³/mol. The van der Waals surface area contributed by atoms with Crippen molar-refractivity contribution in [2.24, 2.45) is 0 Å². The average molecular weight is 510 g/mol. The molecule has 1 spiro atoms. The zero-order valence-corrected chi connectivity index (χ0v) is 21.5. The largest absolute Gasteiger partial charge is 0.422 e. The van der Waals surface area contributed by atoms with Crippen LogP contribution in [0.2, 0.25) is 0 Å². The highest BCUT2D eigenvalue weighted by atomic mass is 16.5. The van der Waals surface area contributed by atoms with Gasteiger partial charge in [0.15, 0.2) is 11.6 Å². The summed E-state index contributed by atoms with van der Waals surface area (Å²) in [4.78, 5) is 30.2. The molecule has 3 aliphatic rings. The van der Waals surface area contributed by atoms with E-state index in [4.69, 9.17) is 14.7 Å². The van der Waals surface area contributed by atoms with Gasteiger partial charge in [-0.25, -0.2) is 0 Å². The molecule has 9 heteroatoms. The van der Waals surface area contributed by atoms with E-state index in [0.717, 1.165) is 49.2 Å². The van der Waals surface area contributed by atoms with Crippen molar-refractivity contribution in [1.82, 2.24) is 20.3 Å². The average Bonchev–Trinajstić information content (AvgIpc) is 2.94. The minimum Gasteiger partial charge on any atom is -0.422 e. The lowest BCUT2D eigenvalue weighted by Crippen LogP contribution is -2.52. The Hall–Kier alpha value is -4.03. The number of hydrogen-bond acceptors (Lipinski definition) is 8. The summed E-state index contributed by atoms with van der Waals surface area (Å²) in [6.45, 7) is 4.05. The standard InChI is InChI=1S/C29H31N7O2/c1-2-22-24(10-6-14-32-22)38-28-33-23-17-29(12-5-8-19-7-3-4-9-21(19)29)27(37)34-25(23)26(35-28)36-16-15-31-20(18-36)11-13-30/h3-4,6-7,9-10,14,20,31H,2,5,8,11-12,15-18H2,1H3,(H,34,37)/t20-,29?/m0/s1. The van der Waals surface area contributed by atoms with E-state index >= 15 is 0 Å². The van der Waals surface area contributed by atoms with Gasteiger partial charge in [-0.05, 0) is 48.9 Å². The van der Waals surface area contributed by atoms with Gasteiger partial charge in [-0.2, -0.15) is 15.2 Å². The fourth-order valence-corrected chi connectivity index (χ4v) is 6.09. The fourth-order valence-electron chi connectivity index (χ4n) is 6.09. The molecule has 9 nitrogen and oxygen atoms in total. The Morgan fingerprint density at radius 3 is 3.00 bits per heavy atom. The van der Waals surface area contributed by atoms with Crippen molar-refractivity contribution in [3.8, 4) is 17.8 Å². The van der Waals surface area contributed by atoms with Crippen molar-refractivity contribution in [3.63, 3.8) is 0 Å². The molecule has 2 N–H and O–H groups in total. The van der Waals surface area contributed by atoms with E-state index in [1.807, 2.05) is 31.2 Å². The highest BCUT2D eigenvalue weighted by Gasteiger charge is 2.48. The third kappa shape index (κ3) is 4.25. The molecule has 194 valence electrons. The Labute approximate surface area is 222 Å². The minimum atomic E-state index is -0.666. The van der Waals surface area contributed by atoms with E-state index in [1.54, 1.807) is 6.20 Å². The first-order chi connectivity index (χ1) is 18.6. The molecule has 0 radical (unpaired) electrons. The number of pyridine rings is 1. The van der Waals surface area contributed by atoms with Crippen molar-refractivity contribution in [1.29, 1.82) is 5.26 Å². The van der Waals surface area contributed by atoms with Crippen LogP contribution in [0.5, 0.6) is 11.8 Å². The molecule has 38 heavy (non-hydrogen) atoms. The number of ether oxygens (including phenoxy) is 1. The second-order valence-corrected chi connectivity index (χ2v) is 10.2. The minimum absolute atomic E-state index is 0.0000868. The number of hydrogen-bond donors (Lipinski definition) is 2. The number of nitrogens with zero attached hydrogens (tertiary/aromatic N) is 5. The van der Waals surface area contributed by atoms with Crippen LogP contribution in [0.4, 0.5) is 11.5 Å². The molecule has 2 aliphatic heterocycles. The van der Waals surface area contributed by atoms with Gasteiger partial charge in [-0.1, -0.05) is 31.2 Å². The molecule has 0 saturated carbocycles. The molecular formula is C29H31N7O2. The summed E-state index contributed by atoms with van der Waals surface area (Å²) in [7, 11) is 0. The maximum atomic E-state index is 13.9. The Balaban J connectivity index is 1.45. The van der Waals surface area contributed by atoms with Gasteiger partial charge in [0.05, 0.1) is 29.3 Å². The first-order valence-electron chi connectivity index (χ1n) is 13.4. The third-order valence-corrected chi connectivity index (χ3v) is 7.95. The molecule has 1 saturated heterocycles. The van der Waals surface area contributed by atoms with Crippen LogP contribution in [-0.4, -0.2) is 46.5 Å². The van der Waals surface area contributed by atoms with E-state index in [1.165, 1.54) is 5.56 Å². The van der Waals surface area contributed by atoms with E-state index in [-0.39, 0.29) is 18.0 Å². The zero-order chi connectivity index (χ0) is 26.1. The maximum Gasteiger partial charge on any atom is 0.324 e. The van der Waals surface area contributed by atoms with Crippen LogP contribution >= 0.6 is 0 Å². The van der Waals surface area contributed by atoms with Gasteiger partial charge >= 0.3 is 6.01 Å². The summed E-state index contributed by atoms with van der Waals surface area (Å²) in [6, 6.07) is 14.5. The van der Waals surface area contributed by atoms with Gasteiger partial charge < -0.3 is 20.3 Å². The Kier molecular flexibility index (Phi) is 6.42. The van der Waals surface area contributed by atoms with Crippen molar-refractivity contribution in [3.05, 3.63) is 65.1 Å². The van der Waals surface area contributed by atoms with Crippen LogP contribution in [0.25, 0.3) is 0 Å². The number of fused-ring (bicyclic) bond motifs is 3. The van der Waals surface area contributed by atoms with E-state index in [9.17, 15) is 10.1 Å². The molecule has 2 aromatic heterocycles. The Bertz CT molecular complexity index is 1420. The SMILES string of the molecule is CCc1ncccc1Oc1nc2c(c(N3CCN[C@@H](CC#N)C3)n1)NC(=O)C1(CCCc3ccccc31)C2.